The van der Waals surface area contributed by atoms with Crippen LogP contribution in [0.25, 0.3) is 0 Å². The minimum absolute atomic E-state index is 0.0842. The SMILES string of the molecule is CCCOc1ccc(CN(C2CCS(=O)(=O)C2)C2OC(=O)c3ccccc32)cc1. The van der Waals surface area contributed by atoms with E-state index < -0.39 is 16.1 Å². The summed E-state index contributed by atoms with van der Waals surface area (Å²) in [6.45, 7) is 3.21. The van der Waals surface area contributed by atoms with Crippen molar-refractivity contribution in [2.75, 3.05) is 18.1 Å². The highest BCUT2D eigenvalue weighted by Crippen LogP contribution is 2.37. The molecule has 7 heteroatoms. The van der Waals surface area contributed by atoms with E-state index in [1.54, 1.807) is 6.07 Å². The molecule has 2 heterocycles. The van der Waals surface area contributed by atoms with Gasteiger partial charge in [-0.15, -0.1) is 0 Å². The molecule has 2 unspecified atom stereocenters. The van der Waals surface area contributed by atoms with Gasteiger partial charge in [0.25, 0.3) is 0 Å². The normalized spacial score (nSPS) is 22.5. The second kappa shape index (κ2) is 8.16. The summed E-state index contributed by atoms with van der Waals surface area (Å²) in [7, 11) is -3.07. The first-order valence-electron chi connectivity index (χ1n) is 9.94. The summed E-state index contributed by atoms with van der Waals surface area (Å²) >= 11 is 0. The van der Waals surface area contributed by atoms with Crippen LogP contribution < -0.4 is 4.74 Å². The molecule has 1 saturated heterocycles. The van der Waals surface area contributed by atoms with Crippen molar-refractivity contribution >= 4 is 15.8 Å². The van der Waals surface area contributed by atoms with E-state index in [9.17, 15) is 13.2 Å². The van der Waals surface area contributed by atoms with Crippen molar-refractivity contribution in [2.45, 2.75) is 38.6 Å². The van der Waals surface area contributed by atoms with E-state index in [2.05, 4.69) is 6.92 Å². The van der Waals surface area contributed by atoms with Crippen LogP contribution in [0.1, 0.15) is 47.5 Å². The molecule has 6 nitrogen and oxygen atoms in total. The third kappa shape index (κ3) is 4.31. The van der Waals surface area contributed by atoms with Crippen LogP contribution >= 0.6 is 0 Å². The molecule has 0 saturated carbocycles. The van der Waals surface area contributed by atoms with Crippen molar-refractivity contribution < 1.29 is 22.7 Å². The molecule has 0 N–H and O–H groups in total. The lowest BCUT2D eigenvalue weighted by atomic mass is 10.1. The molecule has 29 heavy (non-hydrogen) atoms. The summed E-state index contributed by atoms with van der Waals surface area (Å²) < 4.78 is 35.6. The summed E-state index contributed by atoms with van der Waals surface area (Å²) in [5, 5.41) is 0. The fourth-order valence-electron chi connectivity index (χ4n) is 3.94. The van der Waals surface area contributed by atoms with Crippen LogP contribution in [0.3, 0.4) is 0 Å². The molecule has 0 amide bonds. The molecular formula is C22H25NO5S. The highest BCUT2D eigenvalue weighted by Gasteiger charge is 2.41. The summed E-state index contributed by atoms with van der Waals surface area (Å²) in [5.74, 6) is 0.698. The standard InChI is InChI=1S/C22H25NO5S/c1-2-12-27-18-9-7-16(8-10-18)14-23(17-11-13-29(25,26)15-17)21-19-5-3-4-6-20(19)22(24)28-21/h3-10,17,21H,2,11-15H2,1H3. The van der Waals surface area contributed by atoms with E-state index in [-0.39, 0.29) is 23.5 Å². The van der Waals surface area contributed by atoms with Crippen LogP contribution in [0, 0.1) is 0 Å². The molecule has 2 aromatic rings. The lowest BCUT2D eigenvalue weighted by molar-refractivity contribution is -0.0424. The lowest BCUT2D eigenvalue weighted by Gasteiger charge is -2.33. The third-order valence-electron chi connectivity index (χ3n) is 5.41. The Morgan fingerprint density at radius 3 is 2.59 bits per heavy atom. The zero-order chi connectivity index (χ0) is 20.4. The van der Waals surface area contributed by atoms with Gasteiger partial charge in [-0.3, -0.25) is 4.90 Å². The molecule has 0 radical (unpaired) electrons. The molecule has 2 aliphatic heterocycles. The van der Waals surface area contributed by atoms with Gasteiger partial charge in [-0.05, 0) is 36.6 Å². The van der Waals surface area contributed by atoms with Crippen LogP contribution in [-0.4, -0.2) is 43.4 Å². The van der Waals surface area contributed by atoms with Gasteiger partial charge < -0.3 is 9.47 Å². The van der Waals surface area contributed by atoms with E-state index >= 15 is 0 Å². The van der Waals surface area contributed by atoms with Gasteiger partial charge in [0.1, 0.15) is 5.75 Å². The fraction of sp³-hybridized carbons (Fsp3) is 0.409. The van der Waals surface area contributed by atoms with Crippen molar-refractivity contribution in [1.82, 2.24) is 4.90 Å². The predicted molar refractivity (Wildman–Crippen MR) is 109 cm³/mol. The molecule has 1 fully saturated rings. The zero-order valence-electron chi connectivity index (χ0n) is 16.4. The predicted octanol–water partition coefficient (Wildman–Crippen LogP) is 3.33. The molecule has 154 valence electrons. The van der Waals surface area contributed by atoms with Crippen LogP contribution in [0.2, 0.25) is 0 Å². The van der Waals surface area contributed by atoms with Crippen molar-refractivity contribution in [1.29, 1.82) is 0 Å². The second-order valence-corrected chi connectivity index (χ2v) is 9.80. The van der Waals surface area contributed by atoms with E-state index in [1.807, 2.05) is 47.4 Å². The molecule has 2 atom stereocenters. The van der Waals surface area contributed by atoms with E-state index in [0.717, 1.165) is 23.3 Å². The maximum Gasteiger partial charge on any atom is 0.340 e. The molecule has 2 aromatic carbocycles. The minimum Gasteiger partial charge on any atom is -0.494 e. The fourth-order valence-corrected chi connectivity index (χ4v) is 5.68. The Morgan fingerprint density at radius 2 is 1.90 bits per heavy atom. The second-order valence-electron chi connectivity index (χ2n) is 7.57. The number of hydrogen-bond donors (Lipinski definition) is 0. The number of fused-ring (bicyclic) bond motifs is 1. The zero-order valence-corrected chi connectivity index (χ0v) is 17.2. The number of esters is 1. The molecule has 4 rings (SSSR count). The van der Waals surface area contributed by atoms with Gasteiger partial charge in [0.2, 0.25) is 0 Å². The van der Waals surface area contributed by atoms with Crippen molar-refractivity contribution in [3.8, 4) is 5.75 Å². The van der Waals surface area contributed by atoms with Gasteiger partial charge in [-0.25, -0.2) is 13.2 Å². The summed E-state index contributed by atoms with van der Waals surface area (Å²) in [6, 6.07) is 14.9. The third-order valence-corrected chi connectivity index (χ3v) is 7.16. The molecular weight excluding hydrogens is 390 g/mol. The molecule has 0 aliphatic carbocycles. The van der Waals surface area contributed by atoms with Crippen LogP contribution in [-0.2, 0) is 21.1 Å². The number of rotatable bonds is 7. The number of carbonyl (C=O) groups excluding carboxylic acids is 1. The van der Waals surface area contributed by atoms with Crippen LogP contribution in [0.15, 0.2) is 48.5 Å². The molecule has 0 spiro atoms. The average Bonchev–Trinajstić information content (AvgIpc) is 3.25. The van der Waals surface area contributed by atoms with E-state index in [1.165, 1.54) is 0 Å². The summed E-state index contributed by atoms with van der Waals surface area (Å²) in [5.41, 5.74) is 2.36. The number of carbonyl (C=O) groups is 1. The van der Waals surface area contributed by atoms with Crippen LogP contribution in [0.4, 0.5) is 0 Å². The number of ether oxygens (including phenoxy) is 2. The lowest BCUT2D eigenvalue weighted by Crippen LogP contribution is -2.39. The Morgan fingerprint density at radius 1 is 1.14 bits per heavy atom. The van der Waals surface area contributed by atoms with Gasteiger partial charge in [-0.1, -0.05) is 37.3 Å². The van der Waals surface area contributed by atoms with Gasteiger partial charge in [0.05, 0.1) is 23.7 Å². The van der Waals surface area contributed by atoms with E-state index in [0.29, 0.717) is 25.1 Å². The Kier molecular flexibility index (Phi) is 5.61. The summed E-state index contributed by atoms with van der Waals surface area (Å²) in [4.78, 5) is 14.3. The van der Waals surface area contributed by atoms with Crippen LogP contribution in [0.5, 0.6) is 5.75 Å². The highest BCUT2D eigenvalue weighted by molar-refractivity contribution is 7.91. The number of sulfone groups is 1. The molecule has 0 bridgehead atoms. The average molecular weight is 416 g/mol. The van der Waals surface area contributed by atoms with Gasteiger partial charge in [-0.2, -0.15) is 0 Å². The maximum atomic E-state index is 12.3. The van der Waals surface area contributed by atoms with Crippen molar-refractivity contribution in [3.63, 3.8) is 0 Å². The quantitative estimate of drug-likeness (QED) is 0.646. The van der Waals surface area contributed by atoms with Crippen molar-refractivity contribution in [2.24, 2.45) is 0 Å². The molecule has 0 aromatic heterocycles. The van der Waals surface area contributed by atoms with Gasteiger partial charge in [0.15, 0.2) is 16.1 Å². The number of hydrogen-bond acceptors (Lipinski definition) is 6. The Hall–Kier alpha value is -2.38. The topological polar surface area (TPSA) is 72.9 Å². The number of nitrogens with zero attached hydrogens (tertiary/aromatic N) is 1. The number of benzene rings is 2. The largest absolute Gasteiger partial charge is 0.494 e. The smallest absolute Gasteiger partial charge is 0.340 e. The highest BCUT2D eigenvalue weighted by atomic mass is 32.2. The molecule has 2 aliphatic rings. The number of cyclic esters (lactones) is 1. The van der Waals surface area contributed by atoms with Gasteiger partial charge in [0, 0.05) is 18.2 Å². The first kappa shape index (κ1) is 19.9. The van der Waals surface area contributed by atoms with E-state index in [4.69, 9.17) is 9.47 Å². The Labute approximate surface area is 171 Å². The first-order chi connectivity index (χ1) is 14.0. The Balaban J connectivity index is 1.61. The Bertz CT molecular complexity index is 987. The first-order valence-corrected chi connectivity index (χ1v) is 11.8. The van der Waals surface area contributed by atoms with Gasteiger partial charge >= 0.3 is 5.97 Å². The maximum absolute atomic E-state index is 12.3. The minimum atomic E-state index is -3.07. The summed E-state index contributed by atoms with van der Waals surface area (Å²) in [6.07, 6.45) is 0.905. The van der Waals surface area contributed by atoms with Crippen molar-refractivity contribution in [3.05, 3.63) is 65.2 Å². The monoisotopic (exact) mass is 415 g/mol.